The molecule has 2 aromatic carbocycles. The Morgan fingerprint density at radius 3 is 2.47 bits per heavy atom. The topological polar surface area (TPSA) is 55.5 Å². The van der Waals surface area contributed by atoms with Gasteiger partial charge >= 0.3 is 5.69 Å². The number of rotatable bonds is 11. The molecule has 0 unspecified atom stereocenters. The van der Waals surface area contributed by atoms with Gasteiger partial charge in [0.1, 0.15) is 11.6 Å². The van der Waals surface area contributed by atoms with Gasteiger partial charge in [0.05, 0.1) is 6.61 Å². The Hall–Kier alpha value is -2.77. The highest BCUT2D eigenvalue weighted by Gasteiger charge is 2.18. The van der Waals surface area contributed by atoms with E-state index in [-0.39, 0.29) is 5.69 Å². The van der Waals surface area contributed by atoms with Gasteiger partial charge in [0.2, 0.25) is 0 Å². The lowest BCUT2D eigenvalue weighted by molar-refractivity contribution is 0.248. The van der Waals surface area contributed by atoms with Gasteiger partial charge in [-0.15, -0.1) is 0 Å². The molecule has 1 aromatic heterocycles. The summed E-state index contributed by atoms with van der Waals surface area (Å²) in [6, 6.07) is 17.8. The lowest BCUT2D eigenvalue weighted by Gasteiger charge is -2.36. The van der Waals surface area contributed by atoms with E-state index in [4.69, 9.17) is 16.3 Å². The third-order valence-electron chi connectivity index (χ3n) is 6.24. The van der Waals surface area contributed by atoms with Crippen LogP contribution in [0.4, 0.5) is 5.69 Å². The molecule has 0 bridgehead atoms. The molecule has 0 saturated carbocycles. The predicted octanol–water partition coefficient (Wildman–Crippen LogP) is 3.94. The summed E-state index contributed by atoms with van der Waals surface area (Å²) in [5.41, 5.74) is 1.17. The number of hydrogen-bond acceptors (Lipinski definition) is 5. The third-order valence-corrected chi connectivity index (χ3v) is 6.48. The summed E-state index contributed by atoms with van der Waals surface area (Å²) >= 11 is 6.14. The molecule has 0 aliphatic carbocycles. The van der Waals surface area contributed by atoms with E-state index in [9.17, 15) is 4.79 Å². The lowest BCUT2D eigenvalue weighted by Crippen LogP contribution is -2.46. The van der Waals surface area contributed by atoms with E-state index in [1.165, 1.54) is 5.69 Å². The van der Waals surface area contributed by atoms with E-state index >= 15 is 0 Å². The molecule has 1 aliphatic rings. The lowest BCUT2D eigenvalue weighted by atomic mass is 10.2. The van der Waals surface area contributed by atoms with Crippen molar-refractivity contribution >= 4 is 17.3 Å². The van der Waals surface area contributed by atoms with Crippen LogP contribution in [0.3, 0.4) is 0 Å². The summed E-state index contributed by atoms with van der Waals surface area (Å²) in [6.45, 7) is 8.85. The van der Waals surface area contributed by atoms with Gasteiger partial charge in [-0.25, -0.2) is 9.48 Å². The number of ether oxygens (including phenoxy) is 1. The molecule has 3 aromatic rings. The van der Waals surface area contributed by atoms with E-state index in [1.54, 1.807) is 9.25 Å². The molecule has 1 fully saturated rings. The van der Waals surface area contributed by atoms with Crippen LogP contribution in [0.25, 0.3) is 0 Å². The van der Waals surface area contributed by atoms with Gasteiger partial charge in [0.25, 0.3) is 0 Å². The summed E-state index contributed by atoms with van der Waals surface area (Å²) in [7, 11) is 0. The van der Waals surface area contributed by atoms with Crippen LogP contribution < -0.4 is 15.3 Å². The zero-order valence-electron chi connectivity index (χ0n) is 19.9. The number of para-hydroxylation sites is 1. The second-order valence-corrected chi connectivity index (χ2v) is 9.04. The molecule has 0 N–H and O–H groups in total. The van der Waals surface area contributed by atoms with Crippen molar-refractivity contribution in [2.75, 3.05) is 44.2 Å². The average Bonchev–Trinajstić information content (AvgIpc) is 3.17. The molecule has 0 atom stereocenters. The van der Waals surface area contributed by atoms with Gasteiger partial charge in [-0.3, -0.25) is 9.47 Å². The zero-order chi connectivity index (χ0) is 23.8. The highest BCUT2D eigenvalue weighted by atomic mass is 35.5. The van der Waals surface area contributed by atoms with Gasteiger partial charge in [0, 0.05) is 62.9 Å². The maximum Gasteiger partial charge on any atom is 0.345 e. The number of halogens is 1. The van der Waals surface area contributed by atoms with E-state index in [0.717, 1.165) is 68.6 Å². The van der Waals surface area contributed by atoms with Crippen molar-refractivity contribution in [2.45, 2.75) is 39.3 Å². The third kappa shape index (κ3) is 6.42. The first-order valence-corrected chi connectivity index (χ1v) is 12.6. The Balaban J connectivity index is 1.22. The second-order valence-electron chi connectivity index (χ2n) is 8.60. The normalized spacial score (nSPS) is 14.5. The van der Waals surface area contributed by atoms with Gasteiger partial charge in [-0.1, -0.05) is 42.8 Å². The fourth-order valence-electron chi connectivity index (χ4n) is 4.39. The van der Waals surface area contributed by atoms with Crippen LogP contribution in [-0.4, -0.2) is 58.6 Å². The summed E-state index contributed by atoms with van der Waals surface area (Å²) in [5.74, 6) is 1.70. The summed E-state index contributed by atoms with van der Waals surface area (Å²) in [4.78, 5) is 17.8. The molecule has 7 nitrogen and oxygen atoms in total. The predicted molar refractivity (Wildman–Crippen MR) is 137 cm³/mol. The van der Waals surface area contributed by atoms with Crippen molar-refractivity contribution in [3.63, 3.8) is 0 Å². The fraction of sp³-hybridized carbons (Fsp3) is 0.462. The van der Waals surface area contributed by atoms with Crippen LogP contribution in [0.1, 0.15) is 25.6 Å². The number of piperazine rings is 1. The highest BCUT2D eigenvalue weighted by Crippen LogP contribution is 2.20. The van der Waals surface area contributed by atoms with Crippen molar-refractivity contribution in [2.24, 2.45) is 0 Å². The van der Waals surface area contributed by atoms with Gasteiger partial charge in [-0.2, -0.15) is 5.10 Å². The van der Waals surface area contributed by atoms with Gasteiger partial charge in [-0.05, 0) is 43.2 Å². The molecule has 1 aliphatic heterocycles. The number of benzene rings is 2. The fourth-order valence-corrected chi connectivity index (χ4v) is 4.58. The van der Waals surface area contributed by atoms with E-state index < -0.39 is 0 Å². The van der Waals surface area contributed by atoms with Crippen LogP contribution in [0.2, 0.25) is 5.02 Å². The number of aromatic nitrogens is 3. The van der Waals surface area contributed by atoms with Crippen molar-refractivity contribution in [3.8, 4) is 5.75 Å². The minimum atomic E-state index is -0.0117. The quantitative estimate of drug-likeness (QED) is 0.387. The number of nitrogens with zero attached hydrogens (tertiary/aromatic N) is 5. The number of aryl methyl sites for hydroxylation is 2. The van der Waals surface area contributed by atoms with Crippen molar-refractivity contribution in [1.82, 2.24) is 19.2 Å². The number of anilines is 1. The van der Waals surface area contributed by atoms with Crippen LogP contribution in [0.5, 0.6) is 5.75 Å². The van der Waals surface area contributed by atoms with Crippen LogP contribution in [-0.2, 0) is 19.5 Å². The van der Waals surface area contributed by atoms with Crippen LogP contribution in [0.15, 0.2) is 59.4 Å². The molecule has 0 amide bonds. The monoisotopic (exact) mass is 483 g/mol. The molecule has 2 heterocycles. The Labute approximate surface area is 206 Å². The first-order chi connectivity index (χ1) is 16.6. The molecule has 0 radical (unpaired) electrons. The average molecular weight is 484 g/mol. The highest BCUT2D eigenvalue weighted by molar-refractivity contribution is 6.30. The van der Waals surface area contributed by atoms with E-state index in [0.29, 0.717) is 19.7 Å². The van der Waals surface area contributed by atoms with E-state index in [2.05, 4.69) is 21.0 Å². The molecule has 8 heteroatoms. The molecule has 0 spiro atoms. The first-order valence-electron chi connectivity index (χ1n) is 12.2. The minimum Gasteiger partial charge on any atom is -0.494 e. The Bertz CT molecular complexity index is 1090. The minimum absolute atomic E-state index is 0.0117. The Morgan fingerprint density at radius 2 is 1.74 bits per heavy atom. The maximum absolute atomic E-state index is 12.9. The second kappa shape index (κ2) is 12.1. The Kier molecular flexibility index (Phi) is 8.66. The van der Waals surface area contributed by atoms with Crippen LogP contribution >= 0.6 is 11.6 Å². The molecule has 34 heavy (non-hydrogen) atoms. The van der Waals surface area contributed by atoms with Gasteiger partial charge < -0.3 is 9.64 Å². The van der Waals surface area contributed by atoms with E-state index in [1.807, 2.05) is 55.5 Å². The van der Waals surface area contributed by atoms with Gasteiger partial charge in [0.15, 0.2) is 0 Å². The van der Waals surface area contributed by atoms with Crippen LogP contribution in [0, 0.1) is 0 Å². The van der Waals surface area contributed by atoms with Crippen molar-refractivity contribution in [1.29, 1.82) is 0 Å². The first kappa shape index (κ1) is 24.4. The molecular weight excluding hydrogens is 450 g/mol. The largest absolute Gasteiger partial charge is 0.494 e. The zero-order valence-corrected chi connectivity index (χ0v) is 20.7. The standard InChI is InChI=1S/C26H34ClN5O2/c1-2-25-28-32(26(33)31(25)14-8-20-34-24-11-4-3-5-12-24)15-7-13-29-16-18-30(19-17-29)23-10-6-9-22(27)21-23/h3-6,9-12,21H,2,7-8,13-20H2,1H3. The smallest absolute Gasteiger partial charge is 0.345 e. The Morgan fingerprint density at radius 1 is 0.941 bits per heavy atom. The SMILES string of the molecule is CCc1nn(CCCN2CCN(c3cccc(Cl)c3)CC2)c(=O)n1CCCOc1ccccc1. The molecule has 4 rings (SSSR count). The molecule has 1 saturated heterocycles. The molecule has 182 valence electrons. The summed E-state index contributed by atoms with van der Waals surface area (Å²) < 4.78 is 9.21. The number of hydrogen-bond donors (Lipinski definition) is 0. The maximum atomic E-state index is 12.9. The summed E-state index contributed by atoms with van der Waals surface area (Å²) in [5, 5.41) is 5.37. The molecular formula is C26H34ClN5O2. The van der Waals surface area contributed by atoms with Crippen molar-refractivity contribution in [3.05, 3.63) is 75.9 Å². The summed E-state index contributed by atoms with van der Waals surface area (Å²) in [6.07, 6.45) is 2.42. The van der Waals surface area contributed by atoms with Crippen molar-refractivity contribution < 1.29 is 4.74 Å².